The number of hydrogen-bond acceptors (Lipinski definition) is 7. The second kappa shape index (κ2) is 8.41. The van der Waals surface area contributed by atoms with Crippen molar-refractivity contribution >= 4 is 45.0 Å². The minimum Gasteiger partial charge on any atom is -0.449 e. The van der Waals surface area contributed by atoms with Crippen molar-refractivity contribution in [3.8, 4) is 11.3 Å². The van der Waals surface area contributed by atoms with Crippen LogP contribution in [0.15, 0.2) is 64.5 Å². The molecule has 2 heterocycles. The van der Waals surface area contributed by atoms with Gasteiger partial charge in [0.05, 0.1) is 16.5 Å². The van der Waals surface area contributed by atoms with Crippen molar-refractivity contribution < 1.29 is 23.6 Å². The molecule has 1 atom stereocenters. The van der Waals surface area contributed by atoms with E-state index in [1.807, 2.05) is 30.3 Å². The normalized spacial score (nSPS) is 11.8. The summed E-state index contributed by atoms with van der Waals surface area (Å²) in [6.07, 6.45) is -1.10. The van der Waals surface area contributed by atoms with E-state index < -0.39 is 23.9 Å². The maximum absolute atomic E-state index is 12.6. The number of nitrogens with one attached hydrogen (secondary N) is 1. The molecule has 0 saturated heterocycles. The predicted octanol–water partition coefficient (Wildman–Crippen LogP) is 3.84. The maximum Gasteiger partial charge on any atom is 0.338 e. The van der Waals surface area contributed by atoms with E-state index in [4.69, 9.17) is 15.0 Å². The number of amides is 2. The summed E-state index contributed by atoms with van der Waals surface area (Å²) in [7, 11) is 0. The van der Waals surface area contributed by atoms with Crippen LogP contribution in [0.1, 0.15) is 27.6 Å². The average Bonchev–Trinajstić information content (AvgIpc) is 3.40. The molecule has 2 aromatic heterocycles. The first-order valence-electron chi connectivity index (χ1n) is 9.28. The van der Waals surface area contributed by atoms with Gasteiger partial charge in [0.15, 0.2) is 11.9 Å². The number of ether oxygens (including phenoxy) is 1. The molecule has 31 heavy (non-hydrogen) atoms. The molecule has 1 unspecified atom stereocenters. The molecular weight excluding hydrogens is 418 g/mol. The average molecular weight is 435 g/mol. The summed E-state index contributed by atoms with van der Waals surface area (Å²) in [5, 5.41) is 9.17. The molecule has 0 spiro atoms. The van der Waals surface area contributed by atoms with Crippen LogP contribution in [0.4, 0.5) is 5.00 Å². The van der Waals surface area contributed by atoms with Crippen LogP contribution in [0, 0.1) is 0 Å². The molecule has 8 nitrogen and oxygen atoms in total. The van der Waals surface area contributed by atoms with Crippen molar-refractivity contribution in [3.63, 3.8) is 0 Å². The molecule has 0 aliphatic carbocycles. The Labute approximate surface area is 180 Å². The lowest BCUT2D eigenvalue weighted by Crippen LogP contribution is -2.30. The fourth-order valence-corrected chi connectivity index (χ4v) is 3.76. The molecule has 2 amide bonds. The van der Waals surface area contributed by atoms with Crippen molar-refractivity contribution in [1.29, 1.82) is 0 Å². The number of esters is 1. The Morgan fingerprint density at radius 1 is 1.13 bits per heavy atom. The summed E-state index contributed by atoms with van der Waals surface area (Å²) in [5.41, 5.74) is 7.14. The number of carbonyl (C=O) groups is 3. The van der Waals surface area contributed by atoms with Crippen LogP contribution in [0.3, 0.4) is 0 Å². The summed E-state index contributed by atoms with van der Waals surface area (Å²) in [4.78, 5) is 36.4. The lowest BCUT2D eigenvalue weighted by Gasteiger charge is -2.13. The van der Waals surface area contributed by atoms with E-state index in [1.54, 1.807) is 23.6 Å². The van der Waals surface area contributed by atoms with E-state index in [9.17, 15) is 14.4 Å². The van der Waals surface area contributed by atoms with Gasteiger partial charge in [-0.1, -0.05) is 35.5 Å². The molecule has 0 aliphatic heterocycles. The smallest absolute Gasteiger partial charge is 0.338 e. The third-order valence-electron chi connectivity index (χ3n) is 4.57. The molecule has 0 aliphatic rings. The number of primary amides is 1. The molecule has 156 valence electrons. The SMILES string of the molecule is CC(OC(=O)c1ccc2noc(-c3ccccc3)c2c1)C(=O)Nc1sccc1C(N)=O. The van der Waals surface area contributed by atoms with Gasteiger partial charge in [-0.15, -0.1) is 11.3 Å². The molecule has 3 N–H and O–H groups in total. The quantitative estimate of drug-likeness (QED) is 0.443. The van der Waals surface area contributed by atoms with Crippen molar-refractivity contribution in [2.45, 2.75) is 13.0 Å². The van der Waals surface area contributed by atoms with Crippen LogP contribution in [0.5, 0.6) is 0 Å². The highest BCUT2D eigenvalue weighted by Gasteiger charge is 2.22. The molecule has 0 bridgehead atoms. The minimum absolute atomic E-state index is 0.197. The number of rotatable bonds is 6. The summed E-state index contributed by atoms with van der Waals surface area (Å²) < 4.78 is 10.7. The second-order valence-electron chi connectivity index (χ2n) is 6.67. The van der Waals surface area contributed by atoms with Gasteiger partial charge in [-0.3, -0.25) is 9.59 Å². The Balaban J connectivity index is 1.51. The van der Waals surface area contributed by atoms with Crippen LogP contribution >= 0.6 is 11.3 Å². The summed E-state index contributed by atoms with van der Waals surface area (Å²) in [6.45, 7) is 1.44. The van der Waals surface area contributed by atoms with Gasteiger partial charge in [0, 0.05) is 5.56 Å². The summed E-state index contributed by atoms with van der Waals surface area (Å²) >= 11 is 1.15. The molecule has 9 heteroatoms. The molecule has 0 saturated carbocycles. The fraction of sp³-hybridized carbons (Fsp3) is 0.0909. The molecule has 2 aromatic carbocycles. The van der Waals surface area contributed by atoms with Crippen LogP contribution in [-0.4, -0.2) is 29.0 Å². The lowest BCUT2D eigenvalue weighted by molar-refractivity contribution is -0.123. The van der Waals surface area contributed by atoms with E-state index in [-0.39, 0.29) is 11.1 Å². The minimum atomic E-state index is -1.10. The van der Waals surface area contributed by atoms with Crippen molar-refractivity contribution in [1.82, 2.24) is 5.16 Å². The maximum atomic E-state index is 12.6. The zero-order valence-corrected chi connectivity index (χ0v) is 17.1. The van der Waals surface area contributed by atoms with Gasteiger partial charge in [0.25, 0.3) is 11.8 Å². The van der Waals surface area contributed by atoms with Crippen LogP contribution in [0.2, 0.25) is 0 Å². The number of carbonyl (C=O) groups excluding carboxylic acids is 3. The second-order valence-corrected chi connectivity index (χ2v) is 7.59. The van der Waals surface area contributed by atoms with Crippen LogP contribution in [-0.2, 0) is 9.53 Å². The summed E-state index contributed by atoms with van der Waals surface area (Å²) in [6, 6.07) is 15.7. The van der Waals surface area contributed by atoms with Gasteiger partial charge in [0.1, 0.15) is 10.5 Å². The van der Waals surface area contributed by atoms with Gasteiger partial charge in [-0.2, -0.15) is 0 Å². The fourth-order valence-electron chi connectivity index (χ4n) is 2.96. The number of benzene rings is 2. The van der Waals surface area contributed by atoms with Crippen molar-refractivity contribution in [2.75, 3.05) is 5.32 Å². The number of nitrogens with zero attached hydrogens (tertiary/aromatic N) is 1. The highest BCUT2D eigenvalue weighted by molar-refractivity contribution is 7.14. The van der Waals surface area contributed by atoms with Gasteiger partial charge < -0.3 is 20.3 Å². The number of nitrogens with two attached hydrogens (primary N) is 1. The van der Waals surface area contributed by atoms with Gasteiger partial charge in [-0.05, 0) is 36.6 Å². The van der Waals surface area contributed by atoms with Crippen LogP contribution in [0.25, 0.3) is 22.2 Å². The van der Waals surface area contributed by atoms with E-state index in [0.29, 0.717) is 21.7 Å². The largest absolute Gasteiger partial charge is 0.449 e. The number of anilines is 1. The predicted molar refractivity (Wildman–Crippen MR) is 116 cm³/mol. The Kier molecular flexibility index (Phi) is 5.50. The van der Waals surface area contributed by atoms with Gasteiger partial charge in [-0.25, -0.2) is 4.79 Å². The number of fused-ring (bicyclic) bond motifs is 1. The Morgan fingerprint density at radius 3 is 2.65 bits per heavy atom. The topological polar surface area (TPSA) is 125 Å². The first kappa shape index (κ1) is 20.3. The first-order chi connectivity index (χ1) is 14.9. The Hall–Kier alpha value is -3.98. The zero-order valence-electron chi connectivity index (χ0n) is 16.3. The number of thiophene rings is 1. The van der Waals surface area contributed by atoms with E-state index in [1.165, 1.54) is 13.0 Å². The lowest BCUT2D eigenvalue weighted by atomic mass is 10.1. The Morgan fingerprint density at radius 2 is 1.90 bits per heavy atom. The van der Waals surface area contributed by atoms with Crippen molar-refractivity contribution in [2.24, 2.45) is 5.73 Å². The van der Waals surface area contributed by atoms with E-state index in [2.05, 4.69) is 10.5 Å². The standard InChI is InChI=1S/C22H17N3O5S/c1-12(20(27)24-21-15(19(23)26)9-10-31-21)29-22(28)14-7-8-17-16(11-14)18(30-25-17)13-5-3-2-4-6-13/h2-12H,1H3,(H2,23,26)(H,24,27). The molecule has 4 aromatic rings. The molecule has 0 fully saturated rings. The van der Waals surface area contributed by atoms with Gasteiger partial charge in [0.2, 0.25) is 0 Å². The zero-order chi connectivity index (χ0) is 22.0. The van der Waals surface area contributed by atoms with E-state index >= 15 is 0 Å². The third-order valence-corrected chi connectivity index (χ3v) is 5.40. The molecule has 0 radical (unpaired) electrons. The molecular formula is C22H17N3O5S. The molecule has 4 rings (SSSR count). The third kappa shape index (κ3) is 4.17. The monoisotopic (exact) mass is 435 g/mol. The highest BCUT2D eigenvalue weighted by Crippen LogP contribution is 2.29. The first-order valence-corrected chi connectivity index (χ1v) is 10.2. The van der Waals surface area contributed by atoms with E-state index in [0.717, 1.165) is 16.9 Å². The van der Waals surface area contributed by atoms with Crippen LogP contribution < -0.4 is 11.1 Å². The number of aromatic nitrogens is 1. The summed E-state index contributed by atoms with van der Waals surface area (Å²) in [5.74, 6) is -1.37. The van der Waals surface area contributed by atoms with Gasteiger partial charge >= 0.3 is 5.97 Å². The Bertz CT molecular complexity index is 1280. The highest BCUT2D eigenvalue weighted by atomic mass is 32.1. The van der Waals surface area contributed by atoms with Crippen molar-refractivity contribution in [3.05, 3.63) is 71.1 Å². The number of hydrogen-bond donors (Lipinski definition) is 2.